The van der Waals surface area contributed by atoms with Gasteiger partial charge in [0.2, 0.25) is 0 Å². The van der Waals surface area contributed by atoms with E-state index in [1.165, 1.54) is 14.2 Å². The molecule has 2 aromatic rings. The Kier molecular flexibility index (Phi) is 7.70. The smallest absolute Gasteiger partial charge is 0.337 e. The molecule has 7 heteroatoms. The van der Waals surface area contributed by atoms with Crippen molar-refractivity contribution in [3.8, 4) is 11.5 Å². The van der Waals surface area contributed by atoms with E-state index in [9.17, 15) is 9.59 Å². The van der Waals surface area contributed by atoms with Crippen molar-refractivity contribution in [3.05, 3.63) is 58.1 Å². The molecule has 0 aliphatic carbocycles. The third-order valence-electron chi connectivity index (χ3n) is 3.88. The Morgan fingerprint density at radius 1 is 1.07 bits per heavy atom. The number of esters is 1. The number of rotatable bonds is 8. The first-order valence-corrected chi connectivity index (χ1v) is 9.19. The first-order valence-electron chi connectivity index (χ1n) is 8.81. The van der Waals surface area contributed by atoms with E-state index in [0.717, 1.165) is 5.56 Å². The number of benzene rings is 2. The van der Waals surface area contributed by atoms with E-state index >= 15 is 0 Å². The summed E-state index contributed by atoms with van der Waals surface area (Å²) >= 11 is 6.29. The third-order valence-corrected chi connectivity index (χ3v) is 4.16. The molecule has 0 heterocycles. The van der Waals surface area contributed by atoms with Crippen molar-refractivity contribution in [2.24, 2.45) is 5.92 Å². The maximum absolute atomic E-state index is 12.5. The van der Waals surface area contributed by atoms with Crippen molar-refractivity contribution in [1.82, 2.24) is 5.32 Å². The summed E-state index contributed by atoms with van der Waals surface area (Å²) in [7, 11) is 2.83. The number of ether oxygens (including phenoxy) is 3. The molecule has 2 aromatic carbocycles. The monoisotopic (exact) mass is 405 g/mol. The molecule has 28 heavy (non-hydrogen) atoms. The largest absolute Gasteiger partial charge is 0.493 e. The molecule has 0 spiro atoms. The minimum atomic E-state index is -0.405. The molecule has 6 nitrogen and oxygen atoms in total. The van der Waals surface area contributed by atoms with Crippen LogP contribution in [0.25, 0.3) is 0 Å². The summed E-state index contributed by atoms with van der Waals surface area (Å²) < 4.78 is 15.7. The molecule has 0 aliphatic heterocycles. The van der Waals surface area contributed by atoms with Gasteiger partial charge in [-0.25, -0.2) is 4.79 Å². The van der Waals surface area contributed by atoms with Crippen LogP contribution in [0.5, 0.6) is 11.5 Å². The topological polar surface area (TPSA) is 73.9 Å². The van der Waals surface area contributed by atoms with Gasteiger partial charge in [-0.15, -0.1) is 0 Å². The van der Waals surface area contributed by atoms with E-state index in [2.05, 4.69) is 10.1 Å². The Morgan fingerprint density at radius 2 is 1.75 bits per heavy atom. The Morgan fingerprint density at radius 3 is 2.32 bits per heavy atom. The second-order valence-corrected chi connectivity index (χ2v) is 6.97. The molecule has 0 aromatic heterocycles. The van der Waals surface area contributed by atoms with Crippen molar-refractivity contribution in [2.45, 2.75) is 20.4 Å². The average molecular weight is 406 g/mol. The predicted octanol–water partition coefficient (Wildman–Crippen LogP) is 4.10. The molecule has 0 aliphatic rings. The maximum atomic E-state index is 12.5. The lowest BCUT2D eigenvalue weighted by Gasteiger charge is -2.15. The minimum Gasteiger partial charge on any atom is -0.493 e. The van der Waals surface area contributed by atoms with Crippen LogP contribution in [0.3, 0.4) is 0 Å². The Bertz CT molecular complexity index is 833. The Hall–Kier alpha value is -2.73. The number of carbonyl (C=O) groups is 2. The van der Waals surface area contributed by atoms with Crippen LogP contribution >= 0.6 is 11.6 Å². The number of carbonyl (C=O) groups excluding carboxylic acids is 2. The highest BCUT2D eigenvalue weighted by atomic mass is 35.5. The molecular formula is C21H24ClNO5. The standard InChI is InChI=1S/C21H24ClNO5/c1-13(2)12-28-19-17(22)9-16(10-18(19)26-3)20(24)23-11-14-5-7-15(8-6-14)21(25)27-4/h5-10,13H,11-12H2,1-4H3,(H,23,24). The number of amides is 1. The lowest BCUT2D eigenvalue weighted by molar-refractivity contribution is 0.0600. The lowest BCUT2D eigenvalue weighted by atomic mass is 10.1. The van der Waals surface area contributed by atoms with Gasteiger partial charge >= 0.3 is 5.97 Å². The molecule has 0 fully saturated rings. The fourth-order valence-corrected chi connectivity index (χ4v) is 2.67. The average Bonchev–Trinajstić information content (AvgIpc) is 2.70. The SMILES string of the molecule is COC(=O)c1ccc(CNC(=O)c2cc(Cl)c(OCC(C)C)c(OC)c2)cc1. The quantitative estimate of drug-likeness (QED) is 0.669. The van der Waals surface area contributed by atoms with Gasteiger partial charge in [0.15, 0.2) is 11.5 Å². The zero-order valence-electron chi connectivity index (χ0n) is 16.4. The first kappa shape index (κ1) is 21.6. The van der Waals surface area contributed by atoms with Gasteiger partial charge in [0.1, 0.15) is 0 Å². The summed E-state index contributed by atoms with van der Waals surface area (Å²) in [6.07, 6.45) is 0. The van der Waals surface area contributed by atoms with Gasteiger partial charge in [-0.3, -0.25) is 4.79 Å². The molecule has 0 saturated heterocycles. The summed E-state index contributed by atoms with van der Waals surface area (Å²) in [4.78, 5) is 23.9. The molecular weight excluding hydrogens is 382 g/mol. The Labute approximate surface area is 169 Å². The summed E-state index contributed by atoms with van der Waals surface area (Å²) in [5.74, 6) is 0.451. The van der Waals surface area contributed by atoms with Gasteiger partial charge in [0, 0.05) is 12.1 Å². The van der Waals surface area contributed by atoms with Crippen molar-refractivity contribution in [1.29, 1.82) is 0 Å². The van der Waals surface area contributed by atoms with Crippen LogP contribution in [-0.2, 0) is 11.3 Å². The van der Waals surface area contributed by atoms with Gasteiger partial charge in [0.05, 0.1) is 31.4 Å². The van der Waals surface area contributed by atoms with Crippen molar-refractivity contribution in [2.75, 3.05) is 20.8 Å². The second-order valence-electron chi connectivity index (χ2n) is 6.57. The molecule has 2 rings (SSSR count). The van der Waals surface area contributed by atoms with Gasteiger partial charge < -0.3 is 19.5 Å². The summed E-state index contributed by atoms with van der Waals surface area (Å²) in [6, 6.07) is 9.95. The highest BCUT2D eigenvalue weighted by Crippen LogP contribution is 2.36. The first-order chi connectivity index (χ1) is 13.3. The zero-order chi connectivity index (χ0) is 20.7. The molecule has 1 amide bonds. The molecule has 0 radical (unpaired) electrons. The fourth-order valence-electron chi connectivity index (χ4n) is 2.40. The number of hydrogen-bond acceptors (Lipinski definition) is 5. The molecule has 0 atom stereocenters. The molecule has 0 bridgehead atoms. The molecule has 1 N–H and O–H groups in total. The third kappa shape index (κ3) is 5.63. The number of hydrogen-bond donors (Lipinski definition) is 1. The summed E-state index contributed by atoms with van der Waals surface area (Å²) in [5, 5.41) is 3.13. The van der Waals surface area contributed by atoms with Gasteiger partial charge in [-0.1, -0.05) is 37.6 Å². The van der Waals surface area contributed by atoms with E-state index in [4.69, 9.17) is 21.1 Å². The maximum Gasteiger partial charge on any atom is 0.337 e. The zero-order valence-corrected chi connectivity index (χ0v) is 17.1. The molecule has 0 unspecified atom stereocenters. The van der Waals surface area contributed by atoms with Crippen LogP contribution < -0.4 is 14.8 Å². The highest BCUT2D eigenvalue weighted by molar-refractivity contribution is 6.32. The van der Waals surface area contributed by atoms with Crippen LogP contribution in [0.15, 0.2) is 36.4 Å². The van der Waals surface area contributed by atoms with Crippen LogP contribution in [0.1, 0.15) is 40.1 Å². The normalized spacial score (nSPS) is 10.5. The van der Waals surface area contributed by atoms with Crippen LogP contribution in [0.4, 0.5) is 0 Å². The van der Waals surface area contributed by atoms with Crippen LogP contribution in [0.2, 0.25) is 5.02 Å². The minimum absolute atomic E-state index is 0.297. The second kappa shape index (κ2) is 9.99. The van der Waals surface area contributed by atoms with E-state index < -0.39 is 5.97 Å². The number of halogens is 1. The van der Waals surface area contributed by atoms with E-state index in [0.29, 0.717) is 46.7 Å². The molecule has 0 saturated carbocycles. The van der Waals surface area contributed by atoms with Crippen molar-refractivity contribution in [3.63, 3.8) is 0 Å². The molecule has 150 valence electrons. The van der Waals surface area contributed by atoms with E-state index in [1.807, 2.05) is 13.8 Å². The van der Waals surface area contributed by atoms with E-state index in [1.54, 1.807) is 36.4 Å². The van der Waals surface area contributed by atoms with Crippen molar-refractivity contribution < 1.29 is 23.8 Å². The lowest BCUT2D eigenvalue weighted by Crippen LogP contribution is -2.23. The summed E-state index contributed by atoms with van der Waals surface area (Å²) in [6.45, 7) is 4.84. The van der Waals surface area contributed by atoms with Gasteiger partial charge in [0.25, 0.3) is 5.91 Å². The van der Waals surface area contributed by atoms with Crippen LogP contribution in [0, 0.1) is 5.92 Å². The van der Waals surface area contributed by atoms with Crippen molar-refractivity contribution >= 4 is 23.5 Å². The predicted molar refractivity (Wildman–Crippen MR) is 107 cm³/mol. The number of methoxy groups -OCH3 is 2. The fraction of sp³-hybridized carbons (Fsp3) is 0.333. The Balaban J connectivity index is 2.07. The number of nitrogens with one attached hydrogen (secondary N) is 1. The van der Waals surface area contributed by atoms with Crippen LogP contribution in [-0.4, -0.2) is 32.7 Å². The van der Waals surface area contributed by atoms with Gasteiger partial charge in [-0.05, 0) is 35.7 Å². The summed E-state index contributed by atoms with van der Waals surface area (Å²) in [5.41, 5.74) is 1.66. The highest BCUT2D eigenvalue weighted by Gasteiger charge is 2.16. The van der Waals surface area contributed by atoms with Gasteiger partial charge in [-0.2, -0.15) is 0 Å². The van der Waals surface area contributed by atoms with E-state index in [-0.39, 0.29) is 5.91 Å².